The van der Waals surface area contributed by atoms with Crippen molar-refractivity contribution >= 4 is 15.9 Å². The molecule has 3 rings (SSSR count). The molecule has 1 heterocycles. The maximum Gasteiger partial charge on any atom is 0.410 e. The molecule has 168 valence electrons. The van der Waals surface area contributed by atoms with Crippen LogP contribution >= 0.6 is 0 Å². The van der Waals surface area contributed by atoms with E-state index in [9.17, 15) is 13.2 Å². The lowest BCUT2D eigenvalue weighted by molar-refractivity contribution is 0.0110. The largest absolute Gasteiger partial charge is 0.492 e. The molecule has 0 spiro atoms. The molecule has 1 amide bonds. The Morgan fingerprint density at radius 1 is 1.06 bits per heavy atom. The van der Waals surface area contributed by atoms with Crippen LogP contribution in [0.1, 0.15) is 38.7 Å². The van der Waals surface area contributed by atoms with Crippen LogP contribution in [0.5, 0.6) is 5.75 Å². The highest BCUT2D eigenvalue weighted by Crippen LogP contribution is 2.35. The molecule has 2 aromatic rings. The normalized spacial score (nSPS) is 19.7. The third kappa shape index (κ3) is 6.23. The standard InChI is InChI=1S/C24H31NO5S/c1-24(2,3)30-23(26)25-15-14-20(18-10-6-5-7-11-18)19(16-25)17-29-21-12-8-9-13-22(21)31(4,27)28/h5-13,19-20H,14-17H2,1-4H3. The van der Waals surface area contributed by atoms with Crippen molar-refractivity contribution in [2.24, 2.45) is 5.92 Å². The summed E-state index contributed by atoms with van der Waals surface area (Å²) in [5.74, 6) is 0.535. The number of carbonyl (C=O) groups excluding carboxylic acids is 1. The first-order valence-electron chi connectivity index (χ1n) is 10.5. The van der Waals surface area contributed by atoms with Gasteiger partial charge < -0.3 is 14.4 Å². The number of rotatable bonds is 5. The van der Waals surface area contributed by atoms with Gasteiger partial charge in [0.1, 0.15) is 16.2 Å². The van der Waals surface area contributed by atoms with E-state index >= 15 is 0 Å². The van der Waals surface area contributed by atoms with Crippen LogP contribution < -0.4 is 4.74 Å². The molecule has 2 aromatic carbocycles. The van der Waals surface area contributed by atoms with Crippen molar-refractivity contribution in [1.82, 2.24) is 4.90 Å². The van der Waals surface area contributed by atoms with Gasteiger partial charge in [0.05, 0.1) is 6.61 Å². The van der Waals surface area contributed by atoms with E-state index in [0.717, 1.165) is 6.42 Å². The number of nitrogens with zero attached hydrogens (tertiary/aromatic N) is 1. The van der Waals surface area contributed by atoms with Gasteiger partial charge in [0.15, 0.2) is 9.84 Å². The minimum atomic E-state index is -3.41. The average molecular weight is 446 g/mol. The summed E-state index contributed by atoms with van der Waals surface area (Å²) in [5.41, 5.74) is 0.629. The second kappa shape index (κ2) is 9.30. The van der Waals surface area contributed by atoms with Crippen LogP contribution in [0.3, 0.4) is 0 Å². The molecular formula is C24H31NO5S. The van der Waals surface area contributed by atoms with E-state index in [4.69, 9.17) is 9.47 Å². The molecule has 31 heavy (non-hydrogen) atoms. The molecule has 0 bridgehead atoms. The number of benzene rings is 2. The van der Waals surface area contributed by atoms with E-state index in [-0.39, 0.29) is 22.8 Å². The van der Waals surface area contributed by atoms with E-state index in [2.05, 4.69) is 12.1 Å². The summed E-state index contributed by atoms with van der Waals surface area (Å²) in [6.07, 6.45) is 1.62. The molecule has 0 saturated carbocycles. The molecule has 1 fully saturated rings. The predicted molar refractivity (Wildman–Crippen MR) is 120 cm³/mol. The average Bonchev–Trinajstić information content (AvgIpc) is 2.71. The van der Waals surface area contributed by atoms with Crippen molar-refractivity contribution in [3.8, 4) is 5.75 Å². The van der Waals surface area contributed by atoms with Crippen molar-refractivity contribution in [3.63, 3.8) is 0 Å². The van der Waals surface area contributed by atoms with Gasteiger partial charge >= 0.3 is 6.09 Å². The molecule has 0 radical (unpaired) electrons. The zero-order valence-electron chi connectivity index (χ0n) is 18.6. The number of piperidine rings is 1. The number of sulfone groups is 1. The van der Waals surface area contributed by atoms with Crippen LogP contribution in [-0.4, -0.2) is 51.0 Å². The SMILES string of the molecule is CC(C)(C)OC(=O)N1CCC(c2ccccc2)C(COc2ccccc2S(C)(=O)=O)C1. The third-order valence-electron chi connectivity index (χ3n) is 5.31. The van der Waals surface area contributed by atoms with Gasteiger partial charge in [-0.3, -0.25) is 0 Å². The molecule has 0 aromatic heterocycles. The summed E-state index contributed by atoms with van der Waals surface area (Å²) in [6.45, 7) is 6.94. The fourth-order valence-corrected chi connectivity index (χ4v) is 4.72. The Morgan fingerprint density at radius 2 is 1.71 bits per heavy atom. The summed E-state index contributed by atoms with van der Waals surface area (Å²) in [7, 11) is -3.41. The second-order valence-corrected chi connectivity index (χ2v) is 11.0. The topological polar surface area (TPSA) is 72.9 Å². The highest BCUT2D eigenvalue weighted by Gasteiger charge is 2.35. The summed E-state index contributed by atoms with van der Waals surface area (Å²) in [5, 5.41) is 0. The summed E-state index contributed by atoms with van der Waals surface area (Å²) < 4.78 is 35.8. The first-order chi connectivity index (χ1) is 14.5. The first-order valence-corrected chi connectivity index (χ1v) is 12.4. The smallest absolute Gasteiger partial charge is 0.410 e. The maximum absolute atomic E-state index is 12.6. The Balaban J connectivity index is 1.81. The van der Waals surface area contributed by atoms with Gasteiger partial charge in [-0.1, -0.05) is 42.5 Å². The molecule has 1 aliphatic heterocycles. The Labute approximate surface area is 185 Å². The van der Waals surface area contributed by atoms with E-state index in [1.54, 1.807) is 29.2 Å². The number of hydrogen-bond donors (Lipinski definition) is 0. The Bertz CT molecular complexity index is 998. The second-order valence-electron chi connectivity index (χ2n) is 9.02. The lowest BCUT2D eigenvalue weighted by atomic mass is 9.81. The van der Waals surface area contributed by atoms with Crippen molar-refractivity contribution < 1.29 is 22.7 Å². The van der Waals surface area contributed by atoms with Crippen molar-refractivity contribution in [3.05, 3.63) is 60.2 Å². The van der Waals surface area contributed by atoms with Gasteiger partial charge in [-0.15, -0.1) is 0 Å². The minimum absolute atomic E-state index is 0.00344. The fraction of sp³-hybridized carbons (Fsp3) is 0.458. The Morgan fingerprint density at radius 3 is 2.35 bits per heavy atom. The van der Waals surface area contributed by atoms with Crippen molar-refractivity contribution in [1.29, 1.82) is 0 Å². The third-order valence-corrected chi connectivity index (χ3v) is 6.45. The molecule has 2 atom stereocenters. The minimum Gasteiger partial charge on any atom is -0.492 e. The summed E-state index contributed by atoms with van der Waals surface area (Å²) in [6, 6.07) is 16.8. The first kappa shape index (κ1) is 23.1. The number of likely N-dealkylation sites (tertiary alicyclic amines) is 1. The van der Waals surface area contributed by atoms with E-state index in [1.807, 2.05) is 39.0 Å². The molecule has 1 aliphatic rings. The van der Waals surface area contributed by atoms with Crippen LogP contribution in [0.4, 0.5) is 4.79 Å². The highest BCUT2D eigenvalue weighted by atomic mass is 32.2. The lowest BCUT2D eigenvalue weighted by Crippen LogP contribution is -2.46. The number of ether oxygens (including phenoxy) is 2. The zero-order valence-corrected chi connectivity index (χ0v) is 19.4. The van der Waals surface area contributed by atoms with Crippen LogP contribution in [0.25, 0.3) is 0 Å². The van der Waals surface area contributed by atoms with Gasteiger partial charge in [-0.2, -0.15) is 0 Å². The molecule has 1 saturated heterocycles. The Kier molecular flexibility index (Phi) is 6.94. The number of carbonyl (C=O) groups is 1. The molecule has 7 heteroatoms. The quantitative estimate of drug-likeness (QED) is 0.677. The van der Waals surface area contributed by atoms with Crippen molar-refractivity contribution in [2.75, 3.05) is 26.0 Å². The van der Waals surface area contributed by atoms with Crippen LogP contribution in [-0.2, 0) is 14.6 Å². The summed E-state index contributed by atoms with van der Waals surface area (Å²) in [4.78, 5) is 14.5. The number of amides is 1. The van der Waals surface area contributed by atoms with Gasteiger partial charge in [0.2, 0.25) is 0 Å². The summed E-state index contributed by atoms with van der Waals surface area (Å²) >= 11 is 0. The molecular weight excluding hydrogens is 414 g/mol. The van der Waals surface area contributed by atoms with Crippen LogP contribution in [0.2, 0.25) is 0 Å². The van der Waals surface area contributed by atoms with Gasteiger partial charge in [0, 0.05) is 25.3 Å². The monoisotopic (exact) mass is 445 g/mol. The van der Waals surface area contributed by atoms with Crippen LogP contribution in [0, 0.1) is 5.92 Å². The zero-order chi connectivity index (χ0) is 22.6. The van der Waals surface area contributed by atoms with Gasteiger partial charge in [-0.05, 0) is 50.8 Å². The highest BCUT2D eigenvalue weighted by molar-refractivity contribution is 7.90. The van der Waals surface area contributed by atoms with Crippen molar-refractivity contribution in [2.45, 2.75) is 43.6 Å². The van der Waals surface area contributed by atoms with Crippen LogP contribution in [0.15, 0.2) is 59.5 Å². The maximum atomic E-state index is 12.6. The molecule has 0 N–H and O–H groups in total. The lowest BCUT2D eigenvalue weighted by Gasteiger charge is -2.39. The number of hydrogen-bond acceptors (Lipinski definition) is 5. The van der Waals surface area contributed by atoms with E-state index < -0.39 is 15.4 Å². The molecule has 2 unspecified atom stereocenters. The Hall–Kier alpha value is -2.54. The van der Waals surface area contributed by atoms with Gasteiger partial charge in [0.25, 0.3) is 0 Å². The van der Waals surface area contributed by atoms with E-state index in [0.29, 0.717) is 25.4 Å². The number of para-hydroxylation sites is 1. The predicted octanol–water partition coefficient (Wildman–Crippen LogP) is 4.51. The van der Waals surface area contributed by atoms with E-state index in [1.165, 1.54) is 11.8 Å². The molecule has 6 nitrogen and oxygen atoms in total. The fourth-order valence-electron chi connectivity index (χ4n) is 3.91. The molecule has 0 aliphatic carbocycles. The van der Waals surface area contributed by atoms with Gasteiger partial charge in [-0.25, -0.2) is 13.2 Å².